The number of hydrogen-bond donors (Lipinski definition) is 2. The molecule has 0 saturated carbocycles. The van der Waals surface area contributed by atoms with Gasteiger partial charge in [0.25, 0.3) is 0 Å². The molecule has 1 atom stereocenters. The minimum Gasteiger partial charge on any atom is -0.396 e. The van der Waals surface area contributed by atoms with Crippen LogP contribution in [0.2, 0.25) is 0 Å². The van der Waals surface area contributed by atoms with E-state index < -0.39 is 0 Å². The van der Waals surface area contributed by atoms with Gasteiger partial charge in [0.1, 0.15) is 0 Å². The number of aromatic nitrogens is 1. The Bertz CT molecular complexity index is 291. The number of rotatable bonds is 3. The fraction of sp³-hybridized carbons (Fsp3) is 0.600. The molecule has 1 aromatic heterocycles. The summed E-state index contributed by atoms with van der Waals surface area (Å²) in [4.78, 5) is 0. The Balaban J connectivity index is 2.94. The summed E-state index contributed by atoms with van der Waals surface area (Å²) < 4.78 is 2.12. The minimum atomic E-state index is -0.0371. The summed E-state index contributed by atoms with van der Waals surface area (Å²) in [5, 5.41) is 8.78. The fourth-order valence-corrected chi connectivity index (χ4v) is 1.55. The molecule has 1 heterocycles. The van der Waals surface area contributed by atoms with Crippen molar-refractivity contribution in [3.8, 4) is 0 Å². The molecule has 3 N–H and O–H groups in total. The molecule has 13 heavy (non-hydrogen) atoms. The summed E-state index contributed by atoms with van der Waals surface area (Å²) in [7, 11) is 2.03. The van der Waals surface area contributed by atoms with Gasteiger partial charge in [0.2, 0.25) is 0 Å². The van der Waals surface area contributed by atoms with Crippen LogP contribution in [0.15, 0.2) is 6.07 Å². The van der Waals surface area contributed by atoms with Gasteiger partial charge in [0, 0.05) is 31.1 Å². The van der Waals surface area contributed by atoms with Crippen LogP contribution >= 0.6 is 0 Å². The van der Waals surface area contributed by atoms with Gasteiger partial charge in [0.15, 0.2) is 0 Å². The van der Waals surface area contributed by atoms with Crippen LogP contribution in [0.5, 0.6) is 0 Å². The van der Waals surface area contributed by atoms with Crippen molar-refractivity contribution in [3.63, 3.8) is 0 Å². The van der Waals surface area contributed by atoms with Gasteiger partial charge in [-0.15, -0.1) is 0 Å². The van der Waals surface area contributed by atoms with E-state index in [0.717, 1.165) is 5.56 Å². The second-order valence-corrected chi connectivity index (χ2v) is 3.50. The number of aliphatic hydroxyl groups is 1. The molecular formula is C10H18N2O. The van der Waals surface area contributed by atoms with E-state index in [4.69, 9.17) is 10.8 Å². The molecule has 74 valence electrons. The molecule has 0 fully saturated rings. The number of nitrogens with zero attached hydrogens (tertiary/aromatic N) is 1. The van der Waals surface area contributed by atoms with Gasteiger partial charge in [0.05, 0.1) is 0 Å². The van der Waals surface area contributed by atoms with Crippen molar-refractivity contribution in [1.29, 1.82) is 0 Å². The Morgan fingerprint density at radius 3 is 2.54 bits per heavy atom. The van der Waals surface area contributed by atoms with Crippen molar-refractivity contribution >= 4 is 0 Å². The summed E-state index contributed by atoms with van der Waals surface area (Å²) in [6.45, 7) is 4.26. The smallest absolute Gasteiger partial charge is 0.0449 e. The van der Waals surface area contributed by atoms with Crippen LogP contribution in [0.1, 0.15) is 29.4 Å². The number of aliphatic hydroxyl groups excluding tert-OH is 1. The van der Waals surface area contributed by atoms with Crippen LogP contribution in [-0.4, -0.2) is 16.3 Å². The summed E-state index contributed by atoms with van der Waals surface area (Å²) in [6, 6.07) is 2.06. The summed E-state index contributed by atoms with van der Waals surface area (Å²) in [5.74, 6) is 0. The van der Waals surface area contributed by atoms with Crippen molar-refractivity contribution in [3.05, 3.63) is 23.0 Å². The molecule has 0 saturated heterocycles. The lowest BCUT2D eigenvalue weighted by atomic mass is 10.1. The standard InChI is InChI=1S/C10H18N2O/c1-7-6-9(8(2)12(7)3)10(11)4-5-13/h6,10,13H,4-5,11H2,1-3H3/t10-/m0/s1. The predicted octanol–water partition coefficient (Wildman–Crippen LogP) is 1.02. The first-order chi connectivity index (χ1) is 6.07. The van der Waals surface area contributed by atoms with Crippen LogP contribution < -0.4 is 5.73 Å². The largest absolute Gasteiger partial charge is 0.396 e. The topological polar surface area (TPSA) is 51.2 Å². The zero-order valence-electron chi connectivity index (χ0n) is 8.54. The molecule has 0 aliphatic heterocycles. The van der Waals surface area contributed by atoms with Crippen molar-refractivity contribution in [2.24, 2.45) is 12.8 Å². The normalized spacial score (nSPS) is 13.3. The molecular weight excluding hydrogens is 164 g/mol. The Labute approximate surface area is 79.2 Å². The lowest BCUT2D eigenvalue weighted by Crippen LogP contribution is -2.12. The van der Waals surface area contributed by atoms with Gasteiger partial charge in [-0.3, -0.25) is 0 Å². The third-order valence-electron chi connectivity index (χ3n) is 2.65. The molecule has 0 radical (unpaired) electrons. The van der Waals surface area contributed by atoms with Crippen LogP contribution in [-0.2, 0) is 7.05 Å². The van der Waals surface area contributed by atoms with Crippen LogP contribution in [0, 0.1) is 13.8 Å². The van der Waals surface area contributed by atoms with E-state index in [1.54, 1.807) is 0 Å². The first kappa shape index (κ1) is 10.3. The molecule has 0 spiro atoms. The average Bonchev–Trinajstić information content (AvgIpc) is 2.33. The molecule has 0 aliphatic carbocycles. The van der Waals surface area contributed by atoms with Crippen molar-refractivity contribution in [2.45, 2.75) is 26.3 Å². The third-order valence-corrected chi connectivity index (χ3v) is 2.65. The highest BCUT2D eigenvalue weighted by molar-refractivity contribution is 5.29. The fourth-order valence-electron chi connectivity index (χ4n) is 1.55. The number of hydrogen-bond acceptors (Lipinski definition) is 2. The van der Waals surface area contributed by atoms with Crippen LogP contribution in [0.4, 0.5) is 0 Å². The quantitative estimate of drug-likeness (QED) is 0.733. The monoisotopic (exact) mass is 182 g/mol. The summed E-state index contributed by atoms with van der Waals surface area (Å²) >= 11 is 0. The minimum absolute atomic E-state index is 0.0371. The number of nitrogens with two attached hydrogens (primary N) is 1. The van der Waals surface area contributed by atoms with Crippen LogP contribution in [0.3, 0.4) is 0 Å². The van der Waals surface area contributed by atoms with E-state index in [1.165, 1.54) is 11.4 Å². The highest BCUT2D eigenvalue weighted by Crippen LogP contribution is 2.21. The lowest BCUT2D eigenvalue weighted by molar-refractivity contribution is 0.276. The summed E-state index contributed by atoms with van der Waals surface area (Å²) in [6.07, 6.45) is 0.629. The molecule has 1 aromatic rings. The second-order valence-electron chi connectivity index (χ2n) is 3.50. The van der Waals surface area contributed by atoms with E-state index >= 15 is 0 Å². The van der Waals surface area contributed by atoms with E-state index in [9.17, 15) is 0 Å². The van der Waals surface area contributed by atoms with Crippen molar-refractivity contribution in [2.75, 3.05) is 6.61 Å². The average molecular weight is 182 g/mol. The Kier molecular flexibility index (Phi) is 3.12. The molecule has 3 heteroatoms. The van der Waals surface area contributed by atoms with E-state index in [0.29, 0.717) is 6.42 Å². The highest BCUT2D eigenvalue weighted by atomic mass is 16.3. The molecule has 0 aliphatic rings. The van der Waals surface area contributed by atoms with Crippen LogP contribution in [0.25, 0.3) is 0 Å². The molecule has 0 amide bonds. The second kappa shape index (κ2) is 3.94. The van der Waals surface area contributed by atoms with Crippen molar-refractivity contribution in [1.82, 2.24) is 4.57 Å². The SMILES string of the molecule is Cc1cc([C@@H](N)CCO)c(C)n1C. The molecule has 0 bridgehead atoms. The maximum Gasteiger partial charge on any atom is 0.0449 e. The Hall–Kier alpha value is -0.800. The molecule has 1 rings (SSSR count). The summed E-state index contributed by atoms with van der Waals surface area (Å²) in [5.41, 5.74) is 9.46. The van der Waals surface area contributed by atoms with E-state index in [1.807, 2.05) is 7.05 Å². The number of aryl methyl sites for hydroxylation is 1. The van der Waals surface area contributed by atoms with Crippen molar-refractivity contribution < 1.29 is 5.11 Å². The third kappa shape index (κ3) is 1.92. The van der Waals surface area contributed by atoms with E-state index in [2.05, 4.69) is 24.5 Å². The Morgan fingerprint density at radius 1 is 1.54 bits per heavy atom. The maximum absolute atomic E-state index is 8.78. The first-order valence-corrected chi connectivity index (χ1v) is 4.57. The van der Waals surface area contributed by atoms with Gasteiger partial charge < -0.3 is 15.4 Å². The zero-order valence-corrected chi connectivity index (χ0v) is 8.54. The van der Waals surface area contributed by atoms with Gasteiger partial charge in [-0.2, -0.15) is 0 Å². The van der Waals surface area contributed by atoms with Gasteiger partial charge in [-0.25, -0.2) is 0 Å². The maximum atomic E-state index is 8.78. The molecule has 3 nitrogen and oxygen atoms in total. The predicted molar refractivity (Wildman–Crippen MR) is 53.5 cm³/mol. The highest BCUT2D eigenvalue weighted by Gasteiger charge is 2.12. The van der Waals surface area contributed by atoms with E-state index in [-0.39, 0.29) is 12.6 Å². The Morgan fingerprint density at radius 2 is 2.15 bits per heavy atom. The van der Waals surface area contributed by atoms with Gasteiger partial charge in [-0.05, 0) is 31.9 Å². The molecule has 0 unspecified atom stereocenters. The first-order valence-electron chi connectivity index (χ1n) is 4.57. The zero-order chi connectivity index (χ0) is 10.0. The van der Waals surface area contributed by atoms with Gasteiger partial charge >= 0.3 is 0 Å². The molecule has 0 aromatic carbocycles. The lowest BCUT2D eigenvalue weighted by Gasteiger charge is -2.09. The van der Waals surface area contributed by atoms with Gasteiger partial charge in [-0.1, -0.05) is 0 Å².